The Hall–Kier alpha value is -0.730. The topological polar surface area (TPSA) is 73.1 Å². The highest BCUT2D eigenvalue weighted by atomic mass is 32.2. The van der Waals surface area contributed by atoms with E-state index in [-0.39, 0.29) is 11.2 Å². The molecule has 1 rings (SSSR count). The molecule has 1 aliphatic carbocycles. The third-order valence-electron chi connectivity index (χ3n) is 3.46. The summed E-state index contributed by atoms with van der Waals surface area (Å²) in [5, 5.41) is 21.5. The zero-order valence-electron chi connectivity index (χ0n) is 11.1. The number of aliphatic hydroxyl groups excluding tert-OH is 1. The van der Waals surface area contributed by atoms with Crippen LogP contribution in [0.5, 0.6) is 0 Å². The van der Waals surface area contributed by atoms with Gasteiger partial charge >= 0.3 is 0 Å². The van der Waals surface area contributed by atoms with Crippen molar-refractivity contribution in [3.05, 3.63) is 0 Å². The Morgan fingerprint density at radius 2 is 2.06 bits per heavy atom. The predicted molar refractivity (Wildman–Crippen MR) is 73.2 cm³/mol. The van der Waals surface area contributed by atoms with Crippen molar-refractivity contribution in [2.45, 2.75) is 62.8 Å². The van der Waals surface area contributed by atoms with Crippen LogP contribution in [0.3, 0.4) is 0 Å². The number of amides is 1. The van der Waals surface area contributed by atoms with Crippen LogP contribution in [0, 0.1) is 11.3 Å². The Kier molecular flexibility index (Phi) is 5.97. The van der Waals surface area contributed by atoms with E-state index >= 15 is 0 Å². The largest absolute Gasteiger partial charge is 0.392 e. The second-order valence-corrected chi connectivity index (χ2v) is 6.43. The van der Waals surface area contributed by atoms with Crippen LogP contribution in [0.1, 0.15) is 46.0 Å². The molecule has 0 radical (unpaired) electrons. The van der Waals surface area contributed by atoms with Gasteiger partial charge in [-0.05, 0) is 19.8 Å². The molecule has 1 amide bonds. The maximum atomic E-state index is 11.8. The molecule has 0 heterocycles. The molecule has 0 bridgehead atoms. The number of hydrogen-bond acceptors (Lipinski definition) is 4. The summed E-state index contributed by atoms with van der Waals surface area (Å²) in [6.07, 6.45) is 4.24. The van der Waals surface area contributed by atoms with Gasteiger partial charge in [0.15, 0.2) is 0 Å². The first-order chi connectivity index (χ1) is 8.49. The van der Waals surface area contributed by atoms with Crippen molar-refractivity contribution >= 4 is 17.7 Å². The Morgan fingerprint density at radius 3 is 2.56 bits per heavy atom. The van der Waals surface area contributed by atoms with Gasteiger partial charge in [-0.15, -0.1) is 11.8 Å². The lowest BCUT2D eigenvalue weighted by atomic mass is 9.83. The maximum absolute atomic E-state index is 11.8. The van der Waals surface area contributed by atoms with Crippen LogP contribution in [-0.4, -0.2) is 33.7 Å². The van der Waals surface area contributed by atoms with E-state index in [2.05, 4.69) is 11.4 Å². The number of nitrogens with one attached hydrogen (secondary N) is 1. The fourth-order valence-electron chi connectivity index (χ4n) is 2.07. The summed E-state index contributed by atoms with van der Waals surface area (Å²) in [7, 11) is 0. The zero-order chi connectivity index (χ0) is 13.6. The van der Waals surface area contributed by atoms with Gasteiger partial charge in [0.2, 0.25) is 5.91 Å². The lowest BCUT2D eigenvalue weighted by Crippen LogP contribution is -2.49. The molecule has 1 aliphatic rings. The van der Waals surface area contributed by atoms with E-state index in [9.17, 15) is 15.2 Å². The summed E-state index contributed by atoms with van der Waals surface area (Å²) < 4.78 is 0. The number of aliphatic hydroxyl groups is 1. The Morgan fingerprint density at radius 1 is 1.44 bits per heavy atom. The molecule has 0 aromatic carbocycles. The van der Waals surface area contributed by atoms with Crippen LogP contribution < -0.4 is 5.32 Å². The number of nitriles is 1. The van der Waals surface area contributed by atoms with Crippen LogP contribution in [0.15, 0.2) is 0 Å². The van der Waals surface area contributed by atoms with Gasteiger partial charge < -0.3 is 10.4 Å². The van der Waals surface area contributed by atoms with E-state index < -0.39 is 11.6 Å². The van der Waals surface area contributed by atoms with Crippen LogP contribution in [0.4, 0.5) is 0 Å². The molecule has 102 valence electrons. The van der Waals surface area contributed by atoms with E-state index in [0.29, 0.717) is 5.75 Å². The minimum atomic E-state index is -0.649. The second-order valence-electron chi connectivity index (χ2n) is 5.06. The van der Waals surface area contributed by atoms with Crippen LogP contribution in [-0.2, 0) is 4.79 Å². The summed E-state index contributed by atoms with van der Waals surface area (Å²) in [6.45, 7) is 3.61. The van der Waals surface area contributed by atoms with E-state index in [0.717, 1.165) is 32.1 Å². The molecule has 0 aliphatic heterocycles. The molecule has 4 nitrogen and oxygen atoms in total. The molecule has 2 N–H and O–H groups in total. The standard InChI is InChI=1S/C13H22N2O2S/c1-10(16)11(2)18-8-12(17)15-13(9-14)6-4-3-5-7-13/h10-11,16H,3-8H2,1-2H3,(H,15,17). The number of carbonyl (C=O) groups is 1. The molecule has 2 atom stereocenters. The van der Waals surface area contributed by atoms with Gasteiger partial charge in [0.05, 0.1) is 17.9 Å². The van der Waals surface area contributed by atoms with Crippen LogP contribution >= 0.6 is 11.8 Å². The van der Waals surface area contributed by atoms with Gasteiger partial charge in [0.1, 0.15) is 5.54 Å². The minimum Gasteiger partial charge on any atom is -0.392 e. The average Bonchev–Trinajstić information content (AvgIpc) is 2.36. The zero-order valence-corrected chi connectivity index (χ0v) is 11.9. The van der Waals surface area contributed by atoms with Gasteiger partial charge in [-0.1, -0.05) is 26.2 Å². The average molecular weight is 270 g/mol. The lowest BCUT2D eigenvalue weighted by Gasteiger charge is -2.31. The first-order valence-electron chi connectivity index (χ1n) is 6.51. The molecule has 0 aromatic heterocycles. The summed E-state index contributed by atoms with van der Waals surface area (Å²) in [5.74, 6) is 0.200. The molecule has 2 unspecified atom stereocenters. The van der Waals surface area contributed by atoms with E-state index in [1.165, 1.54) is 11.8 Å². The van der Waals surface area contributed by atoms with Gasteiger partial charge in [0.25, 0.3) is 0 Å². The summed E-state index contributed by atoms with van der Waals surface area (Å²) in [5.41, 5.74) is -0.649. The third-order valence-corrected chi connectivity index (χ3v) is 4.81. The minimum absolute atomic E-state index is 0.0279. The van der Waals surface area contributed by atoms with E-state index in [1.54, 1.807) is 6.92 Å². The summed E-state index contributed by atoms with van der Waals surface area (Å²) in [6, 6.07) is 2.27. The van der Waals surface area contributed by atoms with Gasteiger partial charge in [0, 0.05) is 5.25 Å². The third kappa shape index (κ3) is 4.51. The Balaban J connectivity index is 2.41. The highest BCUT2D eigenvalue weighted by Gasteiger charge is 2.33. The smallest absolute Gasteiger partial charge is 0.231 e. The summed E-state index contributed by atoms with van der Waals surface area (Å²) >= 11 is 1.42. The maximum Gasteiger partial charge on any atom is 0.231 e. The van der Waals surface area contributed by atoms with E-state index in [4.69, 9.17) is 0 Å². The molecule has 1 fully saturated rings. The van der Waals surface area contributed by atoms with E-state index in [1.807, 2.05) is 6.92 Å². The van der Waals surface area contributed by atoms with Gasteiger partial charge in [-0.25, -0.2) is 0 Å². The molecular formula is C13H22N2O2S. The molecule has 1 saturated carbocycles. The fourth-order valence-corrected chi connectivity index (χ4v) is 2.83. The number of carbonyl (C=O) groups excluding carboxylic acids is 1. The molecular weight excluding hydrogens is 248 g/mol. The van der Waals surface area contributed by atoms with Crippen molar-refractivity contribution in [2.75, 3.05) is 5.75 Å². The highest BCUT2D eigenvalue weighted by molar-refractivity contribution is 8.00. The number of nitrogens with zero attached hydrogens (tertiary/aromatic N) is 1. The lowest BCUT2D eigenvalue weighted by molar-refractivity contribution is -0.120. The molecule has 0 saturated heterocycles. The van der Waals surface area contributed by atoms with Gasteiger partial charge in [-0.2, -0.15) is 5.26 Å². The van der Waals surface area contributed by atoms with Crippen LogP contribution in [0.2, 0.25) is 0 Å². The number of thioether (sulfide) groups is 1. The van der Waals surface area contributed by atoms with Crippen LogP contribution in [0.25, 0.3) is 0 Å². The molecule has 0 spiro atoms. The quantitative estimate of drug-likeness (QED) is 0.799. The predicted octanol–water partition coefficient (Wildman–Crippen LogP) is 1.83. The van der Waals surface area contributed by atoms with Crippen molar-refractivity contribution in [1.29, 1.82) is 5.26 Å². The first kappa shape index (κ1) is 15.3. The highest BCUT2D eigenvalue weighted by Crippen LogP contribution is 2.27. The molecule has 0 aromatic rings. The Bertz CT molecular complexity index is 319. The molecule has 5 heteroatoms. The van der Waals surface area contributed by atoms with Crippen molar-refractivity contribution in [3.63, 3.8) is 0 Å². The number of hydrogen-bond donors (Lipinski definition) is 2. The van der Waals surface area contributed by atoms with Crippen molar-refractivity contribution in [3.8, 4) is 6.07 Å². The van der Waals surface area contributed by atoms with Crippen molar-refractivity contribution in [1.82, 2.24) is 5.32 Å². The van der Waals surface area contributed by atoms with Gasteiger partial charge in [-0.3, -0.25) is 4.79 Å². The SMILES string of the molecule is CC(O)C(C)SCC(=O)NC1(C#N)CCCCC1. The monoisotopic (exact) mass is 270 g/mol. The second kappa shape index (κ2) is 7.01. The van der Waals surface area contributed by atoms with Crippen molar-refractivity contribution < 1.29 is 9.90 Å². The fraction of sp³-hybridized carbons (Fsp3) is 0.846. The number of rotatable bonds is 5. The summed E-state index contributed by atoms with van der Waals surface area (Å²) in [4.78, 5) is 11.8. The first-order valence-corrected chi connectivity index (χ1v) is 7.56. The Labute approximate surface area is 113 Å². The molecule has 18 heavy (non-hydrogen) atoms. The normalized spacial score (nSPS) is 21.7. The van der Waals surface area contributed by atoms with Crippen molar-refractivity contribution in [2.24, 2.45) is 0 Å².